The van der Waals surface area contributed by atoms with Crippen LogP contribution in [0.5, 0.6) is 0 Å². The summed E-state index contributed by atoms with van der Waals surface area (Å²) in [5.74, 6) is 0. The fourth-order valence-corrected chi connectivity index (χ4v) is 1.10. The number of pyridine rings is 1. The molecular weight excluding hydrogens is 150 g/mol. The fourth-order valence-electron chi connectivity index (χ4n) is 1.10. The molecule has 0 spiro atoms. The second kappa shape index (κ2) is 4.21. The van der Waals surface area contributed by atoms with Gasteiger partial charge in [0.2, 0.25) is 0 Å². The average Bonchev–Trinajstić information content (AvgIpc) is 2.06. The SMILES string of the molecule is CCCC(O)c1ccc(C)cn1. The zero-order valence-corrected chi connectivity index (χ0v) is 7.62. The molecule has 0 aliphatic carbocycles. The summed E-state index contributed by atoms with van der Waals surface area (Å²) in [6.45, 7) is 4.04. The van der Waals surface area contributed by atoms with Crippen LogP contribution in [0.1, 0.15) is 37.1 Å². The molecule has 0 aliphatic heterocycles. The van der Waals surface area contributed by atoms with Gasteiger partial charge in [-0.05, 0) is 25.0 Å². The minimum absolute atomic E-state index is 0.393. The molecule has 0 fully saturated rings. The predicted octanol–water partition coefficient (Wildman–Crippen LogP) is 2.22. The van der Waals surface area contributed by atoms with Crippen LogP contribution in [0, 0.1) is 6.92 Å². The highest BCUT2D eigenvalue weighted by atomic mass is 16.3. The molecule has 1 atom stereocenters. The van der Waals surface area contributed by atoms with E-state index >= 15 is 0 Å². The topological polar surface area (TPSA) is 33.1 Å². The third kappa shape index (κ3) is 2.31. The van der Waals surface area contributed by atoms with E-state index in [-0.39, 0.29) is 0 Å². The van der Waals surface area contributed by atoms with Gasteiger partial charge in [-0.25, -0.2) is 0 Å². The fraction of sp³-hybridized carbons (Fsp3) is 0.500. The lowest BCUT2D eigenvalue weighted by Crippen LogP contribution is -1.99. The minimum atomic E-state index is -0.393. The van der Waals surface area contributed by atoms with Crippen LogP contribution >= 0.6 is 0 Å². The molecule has 1 aromatic heterocycles. The van der Waals surface area contributed by atoms with Crippen LogP contribution in [0.15, 0.2) is 18.3 Å². The summed E-state index contributed by atoms with van der Waals surface area (Å²) in [7, 11) is 0. The van der Waals surface area contributed by atoms with E-state index in [0.29, 0.717) is 0 Å². The Morgan fingerprint density at radius 3 is 2.75 bits per heavy atom. The lowest BCUT2D eigenvalue weighted by atomic mass is 10.1. The molecule has 1 heterocycles. The molecule has 12 heavy (non-hydrogen) atoms. The van der Waals surface area contributed by atoms with Crippen molar-refractivity contribution in [2.24, 2.45) is 0 Å². The minimum Gasteiger partial charge on any atom is -0.387 e. The smallest absolute Gasteiger partial charge is 0.0959 e. The van der Waals surface area contributed by atoms with Crippen molar-refractivity contribution in [2.75, 3.05) is 0 Å². The average molecular weight is 165 g/mol. The van der Waals surface area contributed by atoms with E-state index in [2.05, 4.69) is 11.9 Å². The van der Waals surface area contributed by atoms with Crippen molar-refractivity contribution >= 4 is 0 Å². The first-order valence-corrected chi connectivity index (χ1v) is 4.34. The summed E-state index contributed by atoms with van der Waals surface area (Å²) < 4.78 is 0. The molecule has 0 amide bonds. The van der Waals surface area contributed by atoms with Crippen molar-refractivity contribution in [1.29, 1.82) is 0 Å². The highest BCUT2D eigenvalue weighted by Gasteiger charge is 2.05. The molecule has 1 aromatic rings. The molecule has 0 radical (unpaired) electrons. The number of aliphatic hydroxyl groups is 1. The first-order valence-electron chi connectivity index (χ1n) is 4.34. The number of hydrogen-bond donors (Lipinski definition) is 1. The van der Waals surface area contributed by atoms with Crippen LogP contribution in [0.2, 0.25) is 0 Å². The van der Waals surface area contributed by atoms with Crippen LogP contribution in [0.3, 0.4) is 0 Å². The number of rotatable bonds is 3. The number of aromatic nitrogens is 1. The van der Waals surface area contributed by atoms with Crippen molar-refractivity contribution in [3.63, 3.8) is 0 Å². The van der Waals surface area contributed by atoms with E-state index in [4.69, 9.17) is 0 Å². The molecule has 66 valence electrons. The summed E-state index contributed by atoms with van der Waals surface area (Å²) in [6.07, 6.45) is 3.16. The molecule has 0 aromatic carbocycles. The van der Waals surface area contributed by atoms with Gasteiger partial charge in [-0.15, -0.1) is 0 Å². The second-order valence-corrected chi connectivity index (χ2v) is 3.06. The van der Waals surface area contributed by atoms with Gasteiger partial charge >= 0.3 is 0 Å². The van der Waals surface area contributed by atoms with Crippen molar-refractivity contribution in [3.8, 4) is 0 Å². The lowest BCUT2D eigenvalue weighted by Gasteiger charge is -2.07. The van der Waals surface area contributed by atoms with Gasteiger partial charge in [-0.3, -0.25) is 4.98 Å². The van der Waals surface area contributed by atoms with E-state index in [9.17, 15) is 5.11 Å². The van der Waals surface area contributed by atoms with Crippen LogP contribution in [-0.2, 0) is 0 Å². The normalized spacial score (nSPS) is 12.9. The monoisotopic (exact) mass is 165 g/mol. The maximum absolute atomic E-state index is 9.55. The van der Waals surface area contributed by atoms with E-state index in [0.717, 1.165) is 24.1 Å². The summed E-state index contributed by atoms with van der Waals surface area (Å²) >= 11 is 0. The van der Waals surface area contributed by atoms with Crippen molar-refractivity contribution in [1.82, 2.24) is 4.98 Å². The molecule has 2 nitrogen and oxygen atoms in total. The first kappa shape index (κ1) is 9.20. The van der Waals surface area contributed by atoms with E-state index in [1.165, 1.54) is 0 Å². The number of hydrogen-bond acceptors (Lipinski definition) is 2. The van der Waals surface area contributed by atoms with Crippen molar-refractivity contribution in [2.45, 2.75) is 32.8 Å². The quantitative estimate of drug-likeness (QED) is 0.745. The van der Waals surface area contributed by atoms with Gasteiger partial charge in [0.15, 0.2) is 0 Å². The largest absolute Gasteiger partial charge is 0.387 e. The number of nitrogens with zero attached hydrogens (tertiary/aromatic N) is 1. The van der Waals surface area contributed by atoms with Crippen LogP contribution in [0.25, 0.3) is 0 Å². The summed E-state index contributed by atoms with van der Waals surface area (Å²) in [5.41, 5.74) is 1.91. The molecule has 1 rings (SSSR count). The van der Waals surface area contributed by atoms with Crippen LogP contribution < -0.4 is 0 Å². The Kier molecular flexibility index (Phi) is 3.23. The van der Waals surface area contributed by atoms with Crippen molar-refractivity contribution in [3.05, 3.63) is 29.6 Å². The highest BCUT2D eigenvalue weighted by molar-refractivity contribution is 5.13. The predicted molar refractivity (Wildman–Crippen MR) is 48.8 cm³/mol. The highest BCUT2D eigenvalue weighted by Crippen LogP contribution is 2.15. The first-order chi connectivity index (χ1) is 5.74. The molecule has 1 N–H and O–H groups in total. The second-order valence-electron chi connectivity index (χ2n) is 3.06. The molecule has 2 heteroatoms. The maximum Gasteiger partial charge on any atom is 0.0959 e. The van der Waals surface area contributed by atoms with Gasteiger partial charge < -0.3 is 5.11 Å². The third-order valence-electron chi connectivity index (χ3n) is 1.84. The Hall–Kier alpha value is -0.890. The third-order valence-corrected chi connectivity index (χ3v) is 1.84. The standard InChI is InChI=1S/C10H15NO/c1-3-4-10(12)9-6-5-8(2)7-11-9/h5-7,10,12H,3-4H2,1-2H3. The van der Waals surface area contributed by atoms with Gasteiger partial charge in [0, 0.05) is 6.20 Å². The zero-order chi connectivity index (χ0) is 8.97. The summed E-state index contributed by atoms with van der Waals surface area (Å²) in [5, 5.41) is 9.55. The zero-order valence-electron chi connectivity index (χ0n) is 7.62. The maximum atomic E-state index is 9.55. The molecule has 1 unspecified atom stereocenters. The van der Waals surface area contributed by atoms with Gasteiger partial charge in [0.05, 0.1) is 11.8 Å². The Labute approximate surface area is 73.3 Å². The summed E-state index contributed by atoms with van der Waals surface area (Å²) in [6, 6.07) is 3.86. The van der Waals surface area contributed by atoms with Gasteiger partial charge in [0.1, 0.15) is 0 Å². The molecule has 0 aliphatic rings. The number of aliphatic hydroxyl groups excluding tert-OH is 1. The van der Waals surface area contributed by atoms with E-state index < -0.39 is 6.10 Å². The molecule has 0 saturated carbocycles. The van der Waals surface area contributed by atoms with Gasteiger partial charge in [-0.1, -0.05) is 19.4 Å². The van der Waals surface area contributed by atoms with E-state index in [1.807, 2.05) is 19.1 Å². The Morgan fingerprint density at radius 2 is 2.25 bits per heavy atom. The molecule has 0 bridgehead atoms. The summed E-state index contributed by atoms with van der Waals surface area (Å²) in [4.78, 5) is 4.15. The van der Waals surface area contributed by atoms with Crippen LogP contribution in [-0.4, -0.2) is 10.1 Å². The van der Waals surface area contributed by atoms with E-state index in [1.54, 1.807) is 6.20 Å². The van der Waals surface area contributed by atoms with Gasteiger partial charge in [0.25, 0.3) is 0 Å². The van der Waals surface area contributed by atoms with Crippen molar-refractivity contribution < 1.29 is 5.11 Å². The number of aryl methyl sites for hydroxylation is 1. The Morgan fingerprint density at radius 1 is 1.50 bits per heavy atom. The molecular formula is C10H15NO. The van der Waals surface area contributed by atoms with Crippen LogP contribution in [0.4, 0.5) is 0 Å². The Balaban J connectivity index is 2.68. The van der Waals surface area contributed by atoms with Gasteiger partial charge in [-0.2, -0.15) is 0 Å². The lowest BCUT2D eigenvalue weighted by molar-refractivity contribution is 0.162. The molecule has 0 saturated heterocycles. The Bertz CT molecular complexity index is 230.